The number of carbonyl (C=O) groups excluding carboxylic acids is 1. The molecule has 0 fully saturated rings. The SMILES string of the molecule is CC(=O)c1ccc(N(C)Cc2ccc(Cl)cc2)cc1Cl. The van der Waals surface area contributed by atoms with Gasteiger partial charge in [0.05, 0.1) is 5.02 Å². The number of halogens is 2. The van der Waals surface area contributed by atoms with Crippen molar-refractivity contribution in [3.05, 3.63) is 63.6 Å². The van der Waals surface area contributed by atoms with Crippen LogP contribution in [0.4, 0.5) is 5.69 Å². The molecular formula is C16H15Cl2NO. The third kappa shape index (κ3) is 3.53. The predicted molar refractivity (Wildman–Crippen MR) is 85.0 cm³/mol. The zero-order valence-corrected chi connectivity index (χ0v) is 12.9. The molecule has 0 spiro atoms. The fourth-order valence-electron chi connectivity index (χ4n) is 1.98. The summed E-state index contributed by atoms with van der Waals surface area (Å²) >= 11 is 12.0. The van der Waals surface area contributed by atoms with E-state index in [1.165, 1.54) is 6.92 Å². The van der Waals surface area contributed by atoms with Crippen LogP contribution in [0.25, 0.3) is 0 Å². The van der Waals surface area contributed by atoms with Crippen molar-refractivity contribution < 1.29 is 4.79 Å². The molecule has 0 saturated heterocycles. The quantitative estimate of drug-likeness (QED) is 0.754. The van der Waals surface area contributed by atoms with Crippen molar-refractivity contribution in [1.82, 2.24) is 0 Å². The Labute approximate surface area is 128 Å². The van der Waals surface area contributed by atoms with Gasteiger partial charge in [-0.2, -0.15) is 0 Å². The second kappa shape index (κ2) is 6.29. The van der Waals surface area contributed by atoms with Crippen LogP contribution in [0.5, 0.6) is 0 Å². The summed E-state index contributed by atoms with van der Waals surface area (Å²) < 4.78 is 0. The van der Waals surface area contributed by atoms with Gasteiger partial charge in [0.15, 0.2) is 5.78 Å². The Morgan fingerprint density at radius 3 is 2.30 bits per heavy atom. The van der Waals surface area contributed by atoms with E-state index < -0.39 is 0 Å². The minimum atomic E-state index is -0.0260. The molecule has 2 aromatic carbocycles. The largest absolute Gasteiger partial charge is 0.370 e. The lowest BCUT2D eigenvalue weighted by Gasteiger charge is -2.20. The van der Waals surface area contributed by atoms with E-state index in [1.54, 1.807) is 6.07 Å². The lowest BCUT2D eigenvalue weighted by atomic mass is 10.1. The minimum absolute atomic E-state index is 0.0260. The number of benzene rings is 2. The summed E-state index contributed by atoms with van der Waals surface area (Å²) in [5.74, 6) is -0.0260. The first-order valence-electron chi connectivity index (χ1n) is 6.23. The van der Waals surface area contributed by atoms with E-state index in [0.717, 1.165) is 22.8 Å². The molecular weight excluding hydrogens is 293 g/mol. The van der Waals surface area contributed by atoms with Crippen molar-refractivity contribution in [1.29, 1.82) is 0 Å². The van der Waals surface area contributed by atoms with Crippen LogP contribution in [0.1, 0.15) is 22.8 Å². The second-order valence-corrected chi connectivity index (χ2v) is 5.55. The third-order valence-corrected chi connectivity index (χ3v) is 3.67. The Hall–Kier alpha value is -1.51. The maximum atomic E-state index is 11.4. The summed E-state index contributed by atoms with van der Waals surface area (Å²) in [5.41, 5.74) is 2.67. The first-order valence-corrected chi connectivity index (χ1v) is 6.99. The van der Waals surface area contributed by atoms with Crippen molar-refractivity contribution >= 4 is 34.7 Å². The molecule has 0 N–H and O–H groups in total. The molecule has 0 aliphatic carbocycles. The molecule has 0 amide bonds. The topological polar surface area (TPSA) is 20.3 Å². The number of anilines is 1. The van der Waals surface area contributed by atoms with Gasteiger partial charge in [0.2, 0.25) is 0 Å². The molecule has 2 nitrogen and oxygen atoms in total. The van der Waals surface area contributed by atoms with Crippen LogP contribution in [0.2, 0.25) is 10.0 Å². The van der Waals surface area contributed by atoms with Gasteiger partial charge in [-0.3, -0.25) is 4.79 Å². The third-order valence-electron chi connectivity index (χ3n) is 3.11. The summed E-state index contributed by atoms with van der Waals surface area (Å²) in [6.45, 7) is 2.26. The zero-order valence-electron chi connectivity index (χ0n) is 11.4. The summed E-state index contributed by atoms with van der Waals surface area (Å²) in [7, 11) is 1.98. The van der Waals surface area contributed by atoms with Crippen molar-refractivity contribution in [2.75, 3.05) is 11.9 Å². The standard InChI is InChI=1S/C16H15Cl2NO/c1-11(20)15-8-7-14(9-16(15)18)19(2)10-12-3-5-13(17)6-4-12/h3-9H,10H2,1-2H3. The fraction of sp³-hybridized carbons (Fsp3) is 0.188. The maximum absolute atomic E-state index is 11.4. The van der Waals surface area contributed by atoms with E-state index in [-0.39, 0.29) is 5.78 Å². The van der Waals surface area contributed by atoms with Gasteiger partial charge >= 0.3 is 0 Å². The van der Waals surface area contributed by atoms with Gasteiger partial charge in [-0.25, -0.2) is 0 Å². The molecule has 0 aromatic heterocycles. The molecule has 0 heterocycles. The normalized spacial score (nSPS) is 10.4. The molecule has 20 heavy (non-hydrogen) atoms. The molecule has 2 rings (SSSR count). The molecule has 104 valence electrons. The Bertz CT molecular complexity index is 623. The van der Waals surface area contributed by atoms with Gasteiger partial charge < -0.3 is 4.90 Å². The predicted octanol–water partition coefficient (Wildman–Crippen LogP) is 4.83. The number of ketones is 1. The lowest BCUT2D eigenvalue weighted by molar-refractivity contribution is 0.101. The molecule has 0 atom stereocenters. The molecule has 2 aromatic rings. The molecule has 0 radical (unpaired) electrons. The Morgan fingerprint density at radius 2 is 1.75 bits per heavy atom. The second-order valence-electron chi connectivity index (χ2n) is 4.70. The van der Waals surface area contributed by atoms with Crippen LogP contribution in [0, 0.1) is 0 Å². The van der Waals surface area contributed by atoms with E-state index in [0.29, 0.717) is 10.6 Å². The van der Waals surface area contributed by atoms with Crippen LogP contribution < -0.4 is 4.90 Å². The van der Waals surface area contributed by atoms with E-state index in [1.807, 2.05) is 43.4 Å². The lowest BCUT2D eigenvalue weighted by Crippen LogP contribution is -2.16. The smallest absolute Gasteiger partial charge is 0.161 e. The Balaban J connectivity index is 2.17. The average molecular weight is 308 g/mol. The number of nitrogens with zero attached hydrogens (tertiary/aromatic N) is 1. The van der Waals surface area contributed by atoms with Crippen LogP contribution in [-0.2, 0) is 6.54 Å². The first kappa shape index (κ1) is 14.9. The van der Waals surface area contributed by atoms with Crippen molar-refractivity contribution in [3.63, 3.8) is 0 Å². The molecule has 4 heteroatoms. The number of carbonyl (C=O) groups is 1. The van der Waals surface area contributed by atoms with Gasteiger partial charge in [-0.1, -0.05) is 35.3 Å². The number of rotatable bonds is 4. The van der Waals surface area contributed by atoms with E-state index in [9.17, 15) is 4.79 Å². The van der Waals surface area contributed by atoms with Crippen molar-refractivity contribution in [3.8, 4) is 0 Å². The summed E-state index contributed by atoms with van der Waals surface area (Å²) in [4.78, 5) is 13.4. The highest BCUT2D eigenvalue weighted by Crippen LogP contribution is 2.24. The molecule has 0 unspecified atom stereocenters. The minimum Gasteiger partial charge on any atom is -0.370 e. The Morgan fingerprint density at radius 1 is 1.10 bits per heavy atom. The van der Waals surface area contributed by atoms with Crippen molar-refractivity contribution in [2.24, 2.45) is 0 Å². The van der Waals surface area contributed by atoms with Crippen LogP contribution in [-0.4, -0.2) is 12.8 Å². The van der Waals surface area contributed by atoms with Crippen molar-refractivity contribution in [2.45, 2.75) is 13.5 Å². The maximum Gasteiger partial charge on any atom is 0.161 e. The molecule has 0 bridgehead atoms. The van der Waals surface area contributed by atoms with Crippen LogP contribution in [0.3, 0.4) is 0 Å². The van der Waals surface area contributed by atoms with Crippen LogP contribution in [0.15, 0.2) is 42.5 Å². The molecule has 0 saturated carbocycles. The highest BCUT2D eigenvalue weighted by atomic mass is 35.5. The number of hydrogen-bond acceptors (Lipinski definition) is 2. The highest BCUT2D eigenvalue weighted by Gasteiger charge is 2.09. The Kier molecular flexibility index (Phi) is 4.69. The zero-order chi connectivity index (χ0) is 14.7. The van der Waals surface area contributed by atoms with Gasteiger partial charge in [0.1, 0.15) is 0 Å². The van der Waals surface area contributed by atoms with Crippen LogP contribution >= 0.6 is 23.2 Å². The highest BCUT2D eigenvalue weighted by molar-refractivity contribution is 6.34. The fourth-order valence-corrected chi connectivity index (χ4v) is 2.42. The van der Waals surface area contributed by atoms with E-state index in [4.69, 9.17) is 23.2 Å². The molecule has 0 aliphatic rings. The first-order chi connectivity index (χ1) is 9.47. The van der Waals surface area contributed by atoms with E-state index >= 15 is 0 Å². The number of hydrogen-bond donors (Lipinski definition) is 0. The van der Waals surface area contributed by atoms with Gasteiger partial charge in [0.25, 0.3) is 0 Å². The van der Waals surface area contributed by atoms with Gasteiger partial charge in [-0.15, -0.1) is 0 Å². The van der Waals surface area contributed by atoms with Gasteiger partial charge in [0, 0.05) is 29.9 Å². The average Bonchev–Trinajstić information content (AvgIpc) is 2.40. The number of Topliss-reactive ketones (excluding diaryl/α,β-unsaturated/α-hetero) is 1. The monoisotopic (exact) mass is 307 g/mol. The summed E-state index contributed by atoms with van der Waals surface area (Å²) in [5, 5.41) is 1.21. The van der Waals surface area contributed by atoms with Gasteiger partial charge in [-0.05, 0) is 42.8 Å². The van der Waals surface area contributed by atoms with E-state index in [2.05, 4.69) is 4.90 Å². The summed E-state index contributed by atoms with van der Waals surface area (Å²) in [6.07, 6.45) is 0. The molecule has 0 aliphatic heterocycles. The summed E-state index contributed by atoms with van der Waals surface area (Å²) in [6, 6.07) is 13.2.